The van der Waals surface area contributed by atoms with E-state index in [0.29, 0.717) is 11.3 Å². The van der Waals surface area contributed by atoms with Crippen LogP contribution in [0.15, 0.2) is 91.0 Å². The molecule has 4 rings (SSSR count). The lowest BCUT2D eigenvalue weighted by Gasteiger charge is -2.09. The molecule has 3 heteroatoms. The zero-order valence-corrected chi connectivity index (χ0v) is 26.0. The normalized spacial score (nSPS) is 11.0. The van der Waals surface area contributed by atoms with Crippen LogP contribution in [-0.4, -0.2) is 5.97 Å². The summed E-state index contributed by atoms with van der Waals surface area (Å²) in [6.45, 7) is 4.48. The lowest BCUT2D eigenvalue weighted by atomic mass is 9.99. The maximum absolute atomic E-state index is 15.1. The first-order valence-corrected chi connectivity index (χ1v) is 16.4. The summed E-state index contributed by atoms with van der Waals surface area (Å²) in [5.41, 5.74) is 6.30. The molecule has 4 aromatic carbocycles. The van der Waals surface area contributed by atoms with E-state index in [1.54, 1.807) is 24.3 Å². The van der Waals surface area contributed by atoms with E-state index in [1.807, 2.05) is 24.3 Å². The molecule has 0 N–H and O–H groups in total. The first-order chi connectivity index (χ1) is 21.1. The molecule has 2 nitrogen and oxygen atoms in total. The van der Waals surface area contributed by atoms with Gasteiger partial charge in [-0.2, -0.15) is 0 Å². The molecule has 0 atom stereocenters. The molecule has 0 aromatic heterocycles. The third-order valence-electron chi connectivity index (χ3n) is 8.21. The molecule has 0 saturated heterocycles. The van der Waals surface area contributed by atoms with Gasteiger partial charge >= 0.3 is 5.97 Å². The Balaban J connectivity index is 1.28. The molecule has 0 aliphatic rings. The molecule has 0 fully saturated rings. The van der Waals surface area contributed by atoms with Gasteiger partial charge in [0.25, 0.3) is 0 Å². The average Bonchev–Trinajstić information content (AvgIpc) is 3.04. The van der Waals surface area contributed by atoms with Crippen molar-refractivity contribution < 1.29 is 13.9 Å². The fourth-order valence-corrected chi connectivity index (χ4v) is 5.51. The third-order valence-corrected chi connectivity index (χ3v) is 8.21. The summed E-state index contributed by atoms with van der Waals surface area (Å²) in [6.07, 6.45) is 16.3. The topological polar surface area (TPSA) is 26.3 Å². The summed E-state index contributed by atoms with van der Waals surface area (Å²) in [5.74, 6) is -0.573. The first kappa shape index (κ1) is 32.2. The number of benzene rings is 4. The van der Waals surface area contributed by atoms with Gasteiger partial charge in [-0.3, -0.25) is 0 Å². The van der Waals surface area contributed by atoms with Crippen molar-refractivity contribution >= 4 is 5.97 Å². The van der Waals surface area contributed by atoms with E-state index < -0.39 is 11.8 Å². The summed E-state index contributed by atoms with van der Waals surface area (Å²) in [5, 5.41) is 0. The zero-order chi connectivity index (χ0) is 30.3. The second-order valence-electron chi connectivity index (χ2n) is 11.7. The molecule has 0 amide bonds. The van der Waals surface area contributed by atoms with Gasteiger partial charge in [0.15, 0.2) is 0 Å². The number of carbonyl (C=O) groups is 1. The highest BCUT2D eigenvalue weighted by Gasteiger charge is 2.13. The molecule has 4 aromatic rings. The number of halogens is 1. The highest BCUT2D eigenvalue weighted by molar-refractivity contribution is 5.91. The van der Waals surface area contributed by atoms with Crippen LogP contribution in [0.3, 0.4) is 0 Å². The predicted molar refractivity (Wildman–Crippen MR) is 178 cm³/mol. The van der Waals surface area contributed by atoms with Crippen molar-refractivity contribution in [3.63, 3.8) is 0 Å². The Morgan fingerprint density at radius 2 is 1.02 bits per heavy atom. The van der Waals surface area contributed by atoms with Crippen molar-refractivity contribution in [1.29, 1.82) is 0 Å². The van der Waals surface area contributed by atoms with Crippen molar-refractivity contribution in [1.82, 2.24) is 0 Å². The van der Waals surface area contributed by atoms with Gasteiger partial charge in [-0.1, -0.05) is 138 Å². The van der Waals surface area contributed by atoms with Crippen molar-refractivity contribution in [2.45, 2.75) is 97.3 Å². The molecule has 0 bridgehead atoms. The van der Waals surface area contributed by atoms with Crippen LogP contribution in [0, 0.1) is 5.82 Å². The van der Waals surface area contributed by atoms with E-state index in [4.69, 9.17) is 4.74 Å². The first-order valence-electron chi connectivity index (χ1n) is 16.4. The number of carbonyl (C=O) groups excluding carboxylic acids is 1. The summed E-state index contributed by atoms with van der Waals surface area (Å²) in [4.78, 5) is 12.8. The van der Waals surface area contributed by atoms with Crippen LogP contribution < -0.4 is 4.74 Å². The molecule has 0 radical (unpaired) electrons. The minimum Gasteiger partial charge on any atom is -0.423 e. The van der Waals surface area contributed by atoms with Crippen LogP contribution in [0.2, 0.25) is 0 Å². The second kappa shape index (κ2) is 17.4. The number of hydrogen-bond donors (Lipinski definition) is 0. The summed E-state index contributed by atoms with van der Waals surface area (Å²) in [6, 6.07) is 28.8. The zero-order valence-electron chi connectivity index (χ0n) is 26.0. The molecule has 0 saturated carbocycles. The minimum absolute atomic E-state index is 0.190. The van der Waals surface area contributed by atoms with Gasteiger partial charge in [-0.25, -0.2) is 9.18 Å². The van der Waals surface area contributed by atoms with Crippen molar-refractivity contribution in [3.05, 3.63) is 114 Å². The summed E-state index contributed by atoms with van der Waals surface area (Å²) in [7, 11) is 0. The van der Waals surface area contributed by atoms with E-state index in [9.17, 15) is 4.79 Å². The molecule has 0 aliphatic heterocycles. The molecule has 0 unspecified atom stereocenters. The molecule has 0 aliphatic carbocycles. The Morgan fingerprint density at radius 3 is 1.56 bits per heavy atom. The van der Waals surface area contributed by atoms with E-state index >= 15 is 4.39 Å². The Bertz CT molecular complexity index is 1390. The van der Waals surface area contributed by atoms with Gasteiger partial charge in [0, 0.05) is 5.56 Å². The Labute approximate surface area is 258 Å². The monoisotopic (exact) mass is 578 g/mol. The minimum atomic E-state index is -0.573. The van der Waals surface area contributed by atoms with Gasteiger partial charge in [0.05, 0.1) is 5.56 Å². The molecule has 43 heavy (non-hydrogen) atoms. The highest BCUT2D eigenvalue weighted by Crippen LogP contribution is 2.27. The standard InChI is InChI=1S/C40H47FO2/c1-3-5-7-9-10-11-13-15-32-18-22-35(23-19-32)38-29-26-36(30-39(38)41)40(42)43-37-27-24-34(25-28-37)33-20-16-31(17-21-33)14-12-8-6-4-2/h16-30H,3-15H2,1-2H3. The molecule has 0 spiro atoms. The van der Waals surface area contributed by atoms with Crippen LogP contribution in [0.5, 0.6) is 5.75 Å². The number of unbranched alkanes of at least 4 members (excludes halogenated alkanes) is 9. The van der Waals surface area contributed by atoms with Gasteiger partial charge in [0.1, 0.15) is 11.6 Å². The Morgan fingerprint density at radius 1 is 0.558 bits per heavy atom. The van der Waals surface area contributed by atoms with Crippen LogP contribution in [0.4, 0.5) is 4.39 Å². The number of aryl methyl sites for hydroxylation is 2. The fourth-order valence-electron chi connectivity index (χ4n) is 5.51. The number of esters is 1. The van der Waals surface area contributed by atoms with E-state index in [1.165, 1.54) is 87.8 Å². The highest BCUT2D eigenvalue weighted by atomic mass is 19.1. The van der Waals surface area contributed by atoms with E-state index in [0.717, 1.165) is 29.5 Å². The largest absolute Gasteiger partial charge is 0.423 e. The van der Waals surface area contributed by atoms with Crippen LogP contribution in [0.1, 0.15) is 106 Å². The summed E-state index contributed by atoms with van der Waals surface area (Å²) < 4.78 is 20.6. The number of ether oxygens (including phenoxy) is 1. The predicted octanol–water partition coefficient (Wildman–Crippen LogP) is 11.8. The average molecular weight is 579 g/mol. The molecule has 226 valence electrons. The third kappa shape index (κ3) is 10.2. The fraction of sp³-hybridized carbons (Fsp3) is 0.375. The lowest BCUT2D eigenvalue weighted by molar-refractivity contribution is 0.0734. The van der Waals surface area contributed by atoms with Gasteiger partial charge in [-0.05, 0) is 77.8 Å². The Kier molecular flexibility index (Phi) is 13.0. The van der Waals surface area contributed by atoms with E-state index in [-0.39, 0.29) is 5.56 Å². The van der Waals surface area contributed by atoms with Crippen LogP contribution in [-0.2, 0) is 12.8 Å². The second-order valence-corrected chi connectivity index (χ2v) is 11.7. The molecular formula is C40H47FO2. The van der Waals surface area contributed by atoms with Gasteiger partial charge in [0.2, 0.25) is 0 Å². The smallest absolute Gasteiger partial charge is 0.343 e. The van der Waals surface area contributed by atoms with Crippen molar-refractivity contribution in [3.8, 4) is 28.0 Å². The maximum Gasteiger partial charge on any atom is 0.343 e. The van der Waals surface area contributed by atoms with Gasteiger partial charge < -0.3 is 4.74 Å². The van der Waals surface area contributed by atoms with Gasteiger partial charge in [-0.15, -0.1) is 0 Å². The lowest BCUT2D eigenvalue weighted by Crippen LogP contribution is -2.09. The summed E-state index contributed by atoms with van der Waals surface area (Å²) >= 11 is 0. The number of hydrogen-bond acceptors (Lipinski definition) is 2. The molecular weight excluding hydrogens is 531 g/mol. The quantitative estimate of drug-likeness (QED) is 0.0707. The van der Waals surface area contributed by atoms with Crippen LogP contribution in [0.25, 0.3) is 22.3 Å². The number of rotatable bonds is 17. The van der Waals surface area contributed by atoms with Crippen LogP contribution >= 0.6 is 0 Å². The van der Waals surface area contributed by atoms with Crippen molar-refractivity contribution in [2.24, 2.45) is 0 Å². The SMILES string of the molecule is CCCCCCCCCc1ccc(-c2ccc(C(=O)Oc3ccc(-c4ccc(CCCCCC)cc4)cc3)cc2F)cc1. The Hall–Kier alpha value is -3.72. The van der Waals surface area contributed by atoms with E-state index in [2.05, 4.69) is 50.2 Å². The van der Waals surface area contributed by atoms with Crippen molar-refractivity contribution in [2.75, 3.05) is 0 Å². The molecule has 0 heterocycles. The maximum atomic E-state index is 15.1.